The van der Waals surface area contributed by atoms with Crippen LogP contribution in [-0.2, 0) is 0 Å². The van der Waals surface area contributed by atoms with Crippen LogP contribution in [0.5, 0.6) is 0 Å². The number of rotatable bonds is 4. The summed E-state index contributed by atoms with van der Waals surface area (Å²) in [5.74, 6) is -2.25. The lowest BCUT2D eigenvalue weighted by Crippen LogP contribution is -2.15. The highest BCUT2D eigenvalue weighted by molar-refractivity contribution is 5.99. The van der Waals surface area contributed by atoms with Crippen LogP contribution in [0.15, 0.2) is 36.4 Å². The van der Waals surface area contributed by atoms with Crippen molar-refractivity contribution >= 4 is 11.5 Å². The average Bonchev–Trinajstić information content (AvgIpc) is 2.40. The van der Waals surface area contributed by atoms with Gasteiger partial charge in [-0.3, -0.25) is 4.79 Å². The van der Waals surface area contributed by atoms with Gasteiger partial charge in [-0.15, -0.1) is 0 Å². The Morgan fingerprint density at radius 2 is 1.80 bits per heavy atom. The standard InChI is InChI=1S/C16H15F2NO/c1-10-3-6-15(11(2)7-10)19-9-16(20)12-4-5-13(17)14(18)8-12/h3-8,19H,9H2,1-2H3. The molecular weight excluding hydrogens is 260 g/mol. The van der Waals surface area contributed by atoms with Crippen molar-refractivity contribution in [1.29, 1.82) is 0 Å². The second-order valence-corrected chi connectivity index (χ2v) is 4.72. The van der Waals surface area contributed by atoms with Crippen molar-refractivity contribution in [2.45, 2.75) is 13.8 Å². The van der Waals surface area contributed by atoms with Gasteiger partial charge in [0.2, 0.25) is 0 Å². The maximum atomic E-state index is 13.1. The Hall–Kier alpha value is -2.23. The minimum absolute atomic E-state index is 0.0367. The second kappa shape index (κ2) is 5.82. The molecule has 0 radical (unpaired) electrons. The first-order valence-corrected chi connectivity index (χ1v) is 6.27. The van der Waals surface area contributed by atoms with Gasteiger partial charge in [0, 0.05) is 11.3 Å². The quantitative estimate of drug-likeness (QED) is 0.858. The number of benzene rings is 2. The lowest BCUT2D eigenvalue weighted by atomic mass is 10.1. The molecule has 0 spiro atoms. The van der Waals surface area contributed by atoms with E-state index < -0.39 is 11.6 Å². The van der Waals surface area contributed by atoms with Crippen LogP contribution in [0.25, 0.3) is 0 Å². The van der Waals surface area contributed by atoms with Crippen LogP contribution >= 0.6 is 0 Å². The Kier molecular flexibility index (Phi) is 4.13. The largest absolute Gasteiger partial charge is 0.377 e. The highest BCUT2D eigenvalue weighted by Gasteiger charge is 2.10. The number of carbonyl (C=O) groups excluding carboxylic acids is 1. The molecule has 0 aliphatic rings. The third-order valence-electron chi connectivity index (χ3n) is 3.06. The highest BCUT2D eigenvalue weighted by atomic mass is 19.2. The van der Waals surface area contributed by atoms with E-state index in [1.807, 2.05) is 32.0 Å². The number of Topliss-reactive ketones (excluding diaryl/α,β-unsaturated/α-hetero) is 1. The first-order valence-electron chi connectivity index (χ1n) is 6.27. The van der Waals surface area contributed by atoms with Gasteiger partial charge in [0.15, 0.2) is 17.4 Å². The Bertz CT molecular complexity index is 653. The molecule has 0 saturated carbocycles. The molecule has 0 fully saturated rings. The van der Waals surface area contributed by atoms with Crippen LogP contribution in [0.2, 0.25) is 0 Å². The molecule has 0 bridgehead atoms. The minimum atomic E-state index is -1.01. The van der Waals surface area contributed by atoms with Gasteiger partial charge in [0.05, 0.1) is 6.54 Å². The number of aryl methyl sites for hydroxylation is 2. The van der Waals surface area contributed by atoms with E-state index in [9.17, 15) is 13.6 Å². The molecule has 0 heterocycles. The highest BCUT2D eigenvalue weighted by Crippen LogP contribution is 2.16. The molecule has 1 N–H and O–H groups in total. The van der Waals surface area contributed by atoms with E-state index in [-0.39, 0.29) is 17.9 Å². The summed E-state index contributed by atoms with van der Waals surface area (Å²) in [4.78, 5) is 11.9. The van der Waals surface area contributed by atoms with E-state index in [0.717, 1.165) is 28.9 Å². The number of hydrogen-bond acceptors (Lipinski definition) is 2. The van der Waals surface area contributed by atoms with E-state index in [1.165, 1.54) is 6.07 Å². The first-order chi connectivity index (χ1) is 9.47. The molecule has 20 heavy (non-hydrogen) atoms. The normalized spacial score (nSPS) is 10.4. The lowest BCUT2D eigenvalue weighted by molar-refractivity contribution is 0.101. The summed E-state index contributed by atoms with van der Waals surface area (Å²) in [6.07, 6.45) is 0. The fourth-order valence-electron chi connectivity index (χ4n) is 1.96. The molecular formula is C16H15F2NO. The number of anilines is 1. The van der Waals surface area contributed by atoms with Gasteiger partial charge in [-0.25, -0.2) is 8.78 Å². The molecule has 2 aromatic carbocycles. The Morgan fingerprint density at radius 1 is 1.05 bits per heavy atom. The smallest absolute Gasteiger partial charge is 0.181 e. The van der Waals surface area contributed by atoms with Gasteiger partial charge in [0.25, 0.3) is 0 Å². The molecule has 0 unspecified atom stereocenters. The van der Waals surface area contributed by atoms with Crippen LogP contribution in [-0.4, -0.2) is 12.3 Å². The van der Waals surface area contributed by atoms with E-state index >= 15 is 0 Å². The van der Waals surface area contributed by atoms with Crippen molar-refractivity contribution < 1.29 is 13.6 Å². The van der Waals surface area contributed by atoms with Gasteiger partial charge < -0.3 is 5.32 Å². The molecule has 4 heteroatoms. The third kappa shape index (κ3) is 3.20. The maximum Gasteiger partial charge on any atom is 0.181 e. The van der Waals surface area contributed by atoms with Gasteiger partial charge in [-0.1, -0.05) is 17.7 Å². The van der Waals surface area contributed by atoms with Gasteiger partial charge >= 0.3 is 0 Å². The Labute approximate surface area is 116 Å². The predicted molar refractivity (Wildman–Crippen MR) is 75.1 cm³/mol. The van der Waals surface area contributed by atoms with Crippen LogP contribution in [0.4, 0.5) is 14.5 Å². The van der Waals surface area contributed by atoms with Gasteiger partial charge in [0.1, 0.15) is 0 Å². The zero-order chi connectivity index (χ0) is 14.7. The predicted octanol–water partition coefficient (Wildman–Crippen LogP) is 3.88. The van der Waals surface area contributed by atoms with Crippen molar-refractivity contribution in [3.05, 3.63) is 64.7 Å². The summed E-state index contributed by atoms with van der Waals surface area (Å²) in [5, 5.41) is 3.01. The molecule has 2 aromatic rings. The molecule has 0 aromatic heterocycles. The van der Waals surface area contributed by atoms with Crippen molar-refractivity contribution in [1.82, 2.24) is 0 Å². The maximum absolute atomic E-state index is 13.1. The number of ketones is 1. The number of hydrogen-bond donors (Lipinski definition) is 1. The van der Waals surface area contributed by atoms with E-state index in [0.29, 0.717) is 0 Å². The molecule has 2 rings (SSSR count). The average molecular weight is 275 g/mol. The van der Waals surface area contributed by atoms with E-state index in [1.54, 1.807) is 0 Å². The second-order valence-electron chi connectivity index (χ2n) is 4.72. The van der Waals surface area contributed by atoms with Crippen molar-refractivity contribution in [2.24, 2.45) is 0 Å². The summed E-state index contributed by atoms with van der Waals surface area (Å²) in [6, 6.07) is 9.00. The van der Waals surface area contributed by atoms with Crippen LogP contribution < -0.4 is 5.32 Å². The summed E-state index contributed by atoms with van der Waals surface area (Å²) in [6.45, 7) is 3.97. The van der Waals surface area contributed by atoms with Crippen molar-refractivity contribution in [3.8, 4) is 0 Å². The summed E-state index contributed by atoms with van der Waals surface area (Å²) < 4.78 is 25.9. The minimum Gasteiger partial charge on any atom is -0.377 e. The van der Waals surface area contributed by atoms with Gasteiger partial charge in [-0.05, 0) is 43.7 Å². The summed E-state index contributed by atoms with van der Waals surface area (Å²) >= 11 is 0. The fourth-order valence-corrected chi connectivity index (χ4v) is 1.96. The zero-order valence-corrected chi connectivity index (χ0v) is 11.3. The number of carbonyl (C=O) groups is 1. The topological polar surface area (TPSA) is 29.1 Å². The van der Waals surface area contributed by atoms with Crippen molar-refractivity contribution in [2.75, 3.05) is 11.9 Å². The SMILES string of the molecule is Cc1ccc(NCC(=O)c2ccc(F)c(F)c2)c(C)c1. The van der Waals surface area contributed by atoms with Crippen LogP contribution in [0.3, 0.4) is 0 Å². The lowest BCUT2D eigenvalue weighted by Gasteiger charge is -2.09. The third-order valence-corrected chi connectivity index (χ3v) is 3.06. The van der Waals surface area contributed by atoms with E-state index in [2.05, 4.69) is 5.32 Å². The van der Waals surface area contributed by atoms with Gasteiger partial charge in [-0.2, -0.15) is 0 Å². The van der Waals surface area contributed by atoms with E-state index in [4.69, 9.17) is 0 Å². The summed E-state index contributed by atoms with van der Waals surface area (Å²) in [5.41, 5.74) is 3.18. The van der Waals surface area contributed by atoms with Crippen LogP contribution in [0, 0.1) is 25.5 Å². The number of nitrogens with one attached hydrogen (secondary N) is 1. The zero-order valence-electron chi connectivity index (χ0n) is 11.3. The summed E-state index contributed by atoms with van der Waals surface area (Å²) in [7, 11) is 0. The number of halogens is 2. The molecule has 0 amide bonds. The molecule has 2 nitrogen and oxygen atoms in total. The Balaban J connectivity index is 2.06. The first kappa shape index (κ1) is 14.2. The monoisotopic (exact) mass is 275 g/mol. The molecule has 104 valence electrons. The Morgan fingerprint density at radius 3 is 2.45 bits per heavy atom. The molecule has 0 atom stereocenters. The molecule has 0 aliphatic heterocycles. The van der Waals surface area contributed by atoms with Crippen molar-refractivity contribution in [3.63, 3.8) is 0 Å². The van der Waals surface area contributed by atoms with Crippen LogP contribution in [0.1, 0.15) is 21.5 Å². The molecule has 0 aliphatic carbocycles. The fraction of sp³-hybridized carbons (Fsp3) is 0.188. The molecule has 0 saturated heterocycles.